The molecule has 0 N–H and O–H groups in total. The quantitative estimate of drug-likeness (QED) is 0.807. The number of methoxy groups -OCH3 is 1. The molecule has 0 unspecified atom stereocenters. The zero-order valence-electron chi connectivity index (χ0n) is 12.0. The highest BCUT2D eigenvalue weighted by molar-refractivity contribution is 6.05. The molecule has 1 heterocycles. The Labute approximate surface area is 124 Å². The highest BCUT2D eigenvalue weighted by atomic mass is 16.5. The first kappa shape index (κ1) is 13.4. The highest BCUT2D eigenvalue weighted by Gasteiger charge is 2.22. The molecular weight excluding hydrogens is 262 g/mol. The lowest BCUT2D eigenvalue weighted by atomic mass is 10.2. The van der Waals surface area contributed by atoms with Crippen LogP contribution in [0.3, 0.4) is 0 Å². The highest BCUT2D eigenvalue weighted by Crippen LogP contribution is 2.27. The van der Waals surface area contributed by atoms with Gasteiger partial charge in [0.2, 0.25) is 0 Å². The lowest BCUT2D eigenvalue weighted by Crippen LogP contribution is -2.26. The number of nitrogens with zero attached hydrogens (tertiary/aromatic N) is 1. The van der Waals surface area contributed by atoms with Gasteiger partial charge in [-0.1, -0.05) is 30.3 Å². The molecule has 3 nitrogen and oxygen atoms in total. The Bertz CT molecular complexity index is 691. The maximum Gasteiger partial charge on any atom is 0.251 e. The number of hydrogen-bond acceptors (Lipinski definition) is 2. The number of anilines is 1. The summed E-state index contributed by atoms with van der Waals surface area (Å²) in [5.74, 6) is 0.805. The summed E-state index contributed by atoms with van der Waals surface area (Å²) in [7, 11) is 1.63. The fourth-order valence-corrected chi connectivity index (χ4v) is 2.57. The van der Waals surface area contributed by atoms with Gasteiger partial charge in [-0.05, 0) is 41.8 Å². The molecular formula is C18H17NO2. The number of fused-ring (bicyclic) bond motifs is 1. The summed E-state index contributed by atoms with van der Waals surface area (Å²) in [5, 5.41) is 0. The smallest absolute Gasteiger partial charge is 0.251 e. The molecule has 0 radical (unpaired) electrons. The summed E-state index contributed by atoms with van der Waals surface area (Å²) in [4.78, 5) is 14.2. The maximum atomic E-state index is 12.3. The van der Waals surface area contributed by atoms with E-state index in [1.54, 1.807) is 13.2 Å². The van der Waals surface area contributed by atoms with Crippen LogP contribution in [0.25, 0.3) is 6.08 Å². The standard InChI is InChI=1S/C18H17NO2/c1-21-16-7-4-5-14(13-16)9-10-18(20)19-12-11-15-6-2-3-8-17(15)19/h2-10,13H,11-12H2,1H3. The van der Waals surface area contributed by atoms with Gasteiger partial charge in [-0.15, -0.1) is 0 Å². The number of ether oxygens (including phenoxy) is 1. The number of rotatable bonds is 3. The monoisotopic (exact) mass is 279 g/mol. The second-order valence-electron chi connectivity index (χ2n) is 4.98. The first-order chi connectivity index (χ1) is 10.3. The number of benzene rings is 2. The second-order valence-corrected chi connectivity index (χ2v) is 4.98. The van der Waals surface area contributed by atoms with Crippen molar-refractivity contribution in [1.82, 2.24) is 0 Å². The summed E-state index contributed by atoms with van der Waals surface area (Å²) in [6, 6.07) is 15.7. The van der Waals surface area contributed by atoms with Gasteiger partial charge in [0, 0.05) is 18.3 Å². The number of carbonyl (C=O) groups excluding carboxylic acids is 1. The predicted octanol–water partition coefficient (Wildman–Crippen LogP) is 3.30. The van der Waals surface area contributed by atoms with Crippen molar-refractivity contribution in [2.45, 2.75) is 6.42 Å². The van der Waals surface area contributed by atoms with Crippen molar-refractivity contribution in [1.29, 1.82) is 0 Å². The number of hydrogen-bond donors (Lipinski definition) is 0. The molecule has 0 atom stereocenters. The van der Waals surface area contributed by atoms with Gasteiger partial charge >= 0.3 is 0 Å². The van der Waals surface area contributed by atoms with E-state index in [1.807, 2.05) is 53.4 Å². The van der Waals surface area contributed by atoms with Gasteiger partial charge in [-0.2, -0.15) is 0 Å². The summed E-state index contributed by atoms with van der Waals surface area (Å²) < 4.78 is 5.18. The molecule has 0 aliphatic carbocycles. The summed E-state index contributed by atoms with van der Waals surface area (Å²) >= 11 is 0. The van der Waals surface area contributed by atoms with Crippen LogP contribution in [-0.2, 0) is 11.2 Å². The average molecular weight is 279 g/mol. The Morgan fingerprint density at radius 3 is 2.90 bits per heavy atom. The normalized spacial score (nSPS) is 13.5. The molecule has 1 amide bonds. The van der Waals surface area contributed by atoms with E-state index in [4.69, 9.17) is 4.74 Å². The lowest BCUT2D eigenvalue weighted by Gasteiger charge is -2.14. The fourth-order valence-electron chi connectivity index (χ4n) is 2.57. The molecule has 21 heavy (non-hydrogen) atoms. The molecule has 0 bridgehead atoms. The number of carbonyl (C=O) groups is 1. The molecule has 3 rings (SSSR count). The van der Waals surface area contributed by atoms with E-state index >= 15 is 0 Å². The SMILES string of the molecule is COc1cccc(C=CC(=O)N2CCc3ccccc32)c1. The van der Waals surface area contributed by atoms with Gasteiger partial charge < -0.3 is 9.64 Å². The van der Waals surface area contributed by atoms with E-state index in [1.165, 1.54) is 5.56 Å². The molecule has 2 aromatic carbocycles. The predicted molar refractivity (Wildman–Crippen MR) is 84.5 cm³/mol. The Morgan fingerprint density at radius 2 is 2.05 bits per heavy atom. The zero-order chi connectivity index (χ0) is 14.7. The van der Waals surface area contributed by atoms with Crippen LogP contribution in [-0.4, -0.2) is 19.6 Å². The van der Waals surface area contributed by atoms with Crippen LogP contribution < -0.4 is 9.64 Å². The van der Waals surface area contributed by atoms with Gasteiger partial charge in [-0.3, -0.25) is 4.79 Å². The topological polar surface area (TPSA) is 29.5 Å². The molecule has 0 spiro atoms. The molecule has 0 saturated heterocycles. The van der Waals surface area contributed by atoms with Crippen molar-refractivity contribution in [3.05, 3.63) is 65.7 Å². The van der Waals surface area contributed by atoms with E-state index in [2.05, 4.69) is 6.07 Å². The molecule has 3 heteroatoms. The van der Waals surface area contributed by atoms with Gasteiger partial charge in [0.1, 0.15) is 5.75 Å². The van der Waals surface area contributed by atoms with Gasteiger partial charge in [0.25, 0.3) is 5.91 Å². The van der Waals surface area contributed by atoms with Crippen molar-refractivity contribution < 1.29 is 9.53 Å². The van der Waals surface area contributed by atoms with Crippen LogP contribution >= 0.6 is 0 Å². The minimum Gasteiger partial charge on any atom is -0.497 e. The average Bonchev–Trinajstić information content (AvgIpc) is 2.97. The van der Waals surface area contributed by atoms with Gasteiger partial charge in [0.15, 0.2) is 0 Å². The number of para-hydroxylation sites is 1. The van der Waals surface area contributed by atoms with E-state index < -0.39 is 0 Å². The largest absolute Gasteiger partial charge is 0.497 e. The first-order valence-electron chi connectivity index (χ1n) is 6.99. The third kappa shape index (κ3) is 2.82. The van der Waals surface area contributed by atoms with Crippen molar-refractivity contribution in [2.75, 3.05) is 18.6 Å². The Balaban J connectivity index is 1.76. The van der Waals surface area contributed by atoms with Crippen molar-refractivity contribution >= 4 is 17.7 Å². The Kier molecular flexibility index (Phi) is 3.73. The van der Waals surface area contributed by atoms with E-state index in [0.29, 0.717) is 0 Å². The third-order valence-electron chi connectivity index (χ3n) is 3.67. The molecule has 106 valence electrons. The van der Waals surface area contributed by atoms with Gasteiger partial charge in [0.05, 0.1) is 7.11 Å². The van der Waals surface area contributed by atoms with Gasteiger partial charge in [-0.25, -0.2) is 0 Å². The Hall–Kier alpha value is -2.55. The minimum absolute atomic E-state index is 0.0165. The Morgan fingerprint density at radius 1 is 1.19 bits per heavy atom. The molecule has 0 fully saturated rings. The zero-order valence-corrected chi connectivity index (χ0v) is 12.0. The van der Waals surface area contributed by atoms with Crippen molar-refractivity contribution in [3.8, 4) is 5.75 Å². The lowest BCUT2D eigenvalue weighted by molar-refractivity contribution is -0.114. The third-order valence-corrected chi connectivity index (χ3v) is 3.67. The van der Waals surface area contributed by atoms with Crippen LogP contribution in [0.1, 0.15) is 11.1 Å². The first-order valence-corrected chi connectivity index (χ1v) is 6.99. The van der Waals surface area contributed by atoms with E-state index in [-0.39, 0.29) is 5.91 Å². The van der Waals surface area contributed by atoms with E-state index in [9.17, 15) is 4.79 Å². The van der Waals surface area contributed by atoms with Crippen LogP contribution in [0.2, 0.25) is 0 Å². The second kappa shape index (κ2) is 5.83. The molecule has 0 aromatic heterocycles. The minimum atomic E-state index is 0.0165. The maximum absolute atomic E-state index is 12.3. The van der Waals surface area contributed by atoms with Crippen LogP contribution in [0.5, 0.6) is 5.75 Å². The summed E-state index contributed by atoms with van der Waals surface area (Å²) in [5.41, 5.74) is 3.22. The molecule has 2 aromatic rings. The summed E-state index contributed by atoms with van der Waals surface area (Å²) in [6.45, 7) is 0.751. The fraction of sp³-hybridized carbons (Fsp3) is 0.167. The van der Waals surface area contributed by atoms with Crippen LogP contribution in [0.15, 0.2) is 54.6 Å². The number of amides is 1. The molecule has 1 aliphatic rings. The van der Waals surface area contributed by atoms with E-state index in [0.717, 1.165) is 30.0 Å². The van der Waals surface area contributed by atoms with Crippen molar-refractivity contribution in [3.63, 3.8) is 0 Å². The van der Waals surface area contributed by atoms with Crippen LogP contribution in [0, 0.1) is 0 Å². The van der Waals surface area contributed by atoms with Crippen molar-refractivity contribution in [2.24, 2.45) is 0 Å². The van der Waals surface area contributed by atoms with Crippen LogP contribution in [0.4, 0.5) is 5.69 Å². The summed E-state index contributed by atoms with van der Waals surface area (Å²) in [6.07, 6.45) is 4.37. The molecule has 1 aliphatic heterocycles. The molecule has 0 saturated carbocycles.